The lowest BCUT2D eigenvalue weighted by atomic mass is 10.0. The van der Waals surface area contributed by atoms with Crippen molar-refractivity contribution in [1.82, 2.24) is 14.8 Å². The zero-order chi connectivity index (χ0) is 13.1. The minimum Gasteiger partial charge on any atom is -0.329 e. The minimum absolute atomic E-state index is 0.309. The number of rotatable bonds is 4. The molecule has 0 saturated carbocycles. The second-order valence-electron chi connectivity index (χ2n) is 5.38. The fourth-order valence-electron chi connectivity index (χ4n) is 2.77. The third-order valence-corrected chi connectivity index (χ3v) is 4.03. The molecule has 1 fully saturated rings. The number of likely N-dealkylation sites (N-methyl/N-ethyl adjacent to an activating group) is 1. The molecule has 2 heterocycles. The van der Waals surface area contributed by atoms with Crippen LogP contribution < -0.4 is 5.73 Å². The highest BCUT2D eigenvalue weighted by molar-refractivity contribution is 5.25. The van der Waals surface area contributed by atoms with Crippen molar-refractivity contribution in [2.24, 2.45) is 5.73 Å². The Kier molecular flexibility index (Phi) is 4.32. The van der Waals surface area contributed by atoms with E-state index >= 15 is 0 Å². The van der Waals surface area contributed by atoms with Crippen molar-refractivity contribution < 1.29 is 0 Å². The molecule has 2 atom stereocenters. The van der Waals surface area contributed by atoms with Gasteiger partial charge in [-0.05, 0) is 44.6 Å². The molecule has 0 aromatic carbocycles. The normalized spacial score (nSPS) is 22.6. The summed E-state index contributed by atoms with van der Waals surface area (Å²) in [5.74, 6) is 0. The van der Waals surface area contributed by atoms with Crippen LogP contribution in [0.2, 0.25) is 0 Å². The molecule has 2 unspecified atom stereocenters. The maximum Gasteiger partial charge on any atom is 0.0489 e. The summed E-state index contributed by atoms with van der Waals surface area (Å²) in [4.78, 5) is 9.05. The molecule has 1 aromatic rings. The van der Waals surface area contributed by atoms with E-state index in [1.165, 1.54) is 17.5 Å². The van der Waals surface area contributed by atoms with Gasteiger partial charge in [0, 0.05) is 44.1 Å². The minimum atomic E-state index is 0.309. The summed E-state index contributed by atoms with van der Waals surface area (Å²) in [6, 6.07) is 3.02. The van der Waals surface area contributed by atoms with Crippen LogP contribution in [0.4, 0.5) is 0 Å². The Morgan fingerprint density at radius 1 is 1.56 bits per heavy atom. The zero-order valence-electron chi connectivity index (χ0n) is 11.6. The maximum atomic E-state index is 5.99. The van der Waals surface area contributed by atoms with Crippen molar-refractivity contribution in [2.75, 3.05) is 33.7 Å². The first-order chi connectivity index (χ1) is 8.63. The zero-order valence-corrected chi connectivity index (χ0v) is 11.6. The number of nitrogens with two attached hydrogens (primary N) is 1. The highest BCUT2D eigenvalue weighted by Gasteiger charge is 2.30. The molecule has 1 aliphatic heterocycles. The van der Waals surface area contributed by atoms with Crippen molar-refractivity contribution in [3.8, 4) is 0 Å². The van der Waals surface area contributed by atoms with Gasteiger partial charge in [-0.3, -0.25) is 9.88 Å². The van der Waals surface area contributed by atoms with Gasteiger partial charge in [0.1, 0.15) is 0 Å². The molecular formula is C14H24N4. The fraction of sp³-hybridized carbons (Fsp3) is 0.643. The van der Waals surface area contributed by atoms with Crippen LogP contribution in [-0.2, 0) is 0 Å². The molecule has 4 nitrogen and oxygen atoms in total. The number of likely N-dealkylation sites (tertiary alicyclic amines) is 1. The van der Waals surface area contributed by atoms with E-state index in [4.69, 9.17) is 5.73 Å². The Labute approximate surface area is 110 Å². The average molecular weight is 248 g/mol. The van der Waals surface area contributed by atoms with Gasteiger partial charge >= 0.3 is 0 Å². The van der Waals surface area contributed by atoms with Crippen LogP contribution in [0.3, 0.4) is 0 Å². The standard InChI is InChI=1S/C14H24N4/c1-11-4-6-16-9-13(11)14(8-15)18-7-5-12(10-18)17(2)3/h4,6,9,12,14H,5,7-8,10,15H2,1-3H3. The van der Waals surface area contributed by atoms with E-state index < -0.39 is 0 Å². The molecule has 18 heavy (non-hydrogen) atoms. The topological polar surface area (TPSA) is 45.4 Å². The van der Waals surface area contributed by atoms with Gasteiger partial charge in [-0.15, -0.1) is 0 Å². The van der Waals surface area contributed by atoms with Crippen LogP contribution in [0, 0.1) is 6.92 Å². The second-order valence-corrected chi connectivity index (χ2v) is 5.38. The Balaban J connectivity index is 2.13. The molecule has 1 saturated heterocycles. The Bertz CT molecular complexity index is 391. The van der Waals surface area contributed by atoms with Gasteiger partial charge in [0.05, 0.1) is 0 Å². The highest BCUT2D eigenvalue weighted by atomic mass is 15.3. The van der Waals surface area contributed by atoms with Gasteiger partial charge in [-0.1, -0.05) is 0 Å². The largest absolute Gasteiger partial charge is 0.329 e. The van der Waals surface area contributed by atoms with Crippen molar-refractivity contribution in [2.45, 2.75) is 25.4 Å². The average Bonchev–Trinajstić information content (AvgIpc) is 2.82. The second kappa shape index (κ2) is 5.78. The molecular weight excluding hydrogens is 224 g/mol. The van der Waals surface area contributed by atoms with Gasteiger partial charge < -0.3 is 10.6 Å². The lowest BCUT2D eigenvalue weighted by molar-refractivity contribution is 0.220. The Morgan fingerprint density at radius 3 is 2.89 bits per heavy atom. The summed E-state index contributed by atoms with van der Waals surface area (Å²) in [7, 11) is 4.31. The van der Waals surface area contributed by atoms with Gasteiger partial charge in [0.25, 0.3) is 0 Å². The summed E-state index contributed by atoms with van der Waals surface area (Å²) in [6.07, 6.45) is 5.04. The Hall–Kier alpha value is -0.970. The summed E-state index contributed by atoms with van der Waals surface area (Å²) >= 11 is 0. The van der Waals surface area contributed by atoms with E-state index in [9.17, 15) is 0 Å². The van der Waals surface area contributed by atoms with E-state index in [2.05, 4.69) is 41.9 Å². The molecule has 4 heteroatoms. The van der Waals surface area contributed by atoms with E-state index in [0.29, 0.717) is 18.6 Å². The molecule has 100 valence electrons. The van der Waals surface area contributed by atoms with E-state index in [-0.39, 0.29) is 0 Å². The van der Waals surface area contributed by atoms with Crippen molar-refractivity contribution in [3.63, 3.8) is 0 Å². The van der Waals surface area contributed by atoms with Crippen LogP contribution in [-0.4, -0.2) is 54.6 Å². The lowest BCUT2D eigenvalue weighted by Gasteiger charge is -2.28. The molecule has 1 aromatic heterocycles. The van der Waals surface area contributed by atoms with Crippen LogP contribution in [0.1, 0.15) is 23.6 Å². The fourth-order valence-corrected chi connectivity index (χ4v) is 2.77. The third-order valence-electron chi connectivity index (χ3n) is 4.03. The van der Waals surface area contributed by atoms with Crippen LogP contribution in [0.5, 0.6) is 0 Å². The molecule has 0 bridgehead atoms. The van der Waals surface area contributed by atoms with Crippen LogP contribution in [0.15, 0.2) is 18.5 Å². The monoisotopic (exact) mass is 248 g/mol. The van der Waals surface area contributed by atoms with Crippen molar-refractivity contribution >= 4 is 0 Å². The molecule has 1 aliphatic rings. The summed E-state index contributed by atoms with van der Waals surface area (Å²) in [6.45, 7) is 5.02. The highest BCUT2D eigenvalue weighted by Crippen LogP contribution is 2.27. The number of aryl methyl sites for hydroxylation is 1. The van der Waals surface area contributed by atoms with Crippen molar-refractivity contribution in [3.05, 3.63) is 29.6 Å². The number of hydrogen-bond acceptors (Lipinski definition) is 4. The first-order valence-corrected chi connectivity index (χ1v) is 6.64. The smallest absolute Gasteiger partial charge is 0.0489 e. The van der Waals surface area contributed by atoms with Crippen molar-refractivity contribution in [1.29, 1.82) is 0 Å². The number of hydrogen-bond donors (Lipinski definition) is 1. The van der Waals surface area contributed by atoms with Gasteiger partial charge in [-0.25, -0.2) is 0 Å². The first kappa shape index (κ1) is 13.5. The first-order valence-electron chi connectivity index (χ1n) is 6.64. The molecule has 0 aliphatic carbocycles. The number of pyridine rings is 1. The Morgan fingerprint density at radius 2 is 2.33 bits per heavy atom. The van der Waals surface area contributed by atoms with Gasteiger partial charge in [0.2, 0.25) is 0 Å². The van der Waals surface area contributed by atoms with Crippen LogP contribution >= 0.6 is 0 Å². The molecule has 0 amide bonds. The molecule has 2 N–H and O–H groups in total. The van der Waals surface area contributed by atoms with Gasteiger partial charge in [0.15, 0.2) is 0 Å². The van der Waals surface area contributed by atoms with E-state index in [0.717, 1.165) is 13.1 Å². The SMILES string of the molecule is Cc1ccncc1C(CN)N1CCC(N(C)C)C1. The van der Waals surface area contributed by atoms with E-state index in [1.54, 1.807) is 0 Å². The predicted octanol–water partition coefficient (Wildman–Crippen LogP) is 1.03. The summed E-state index contributed by atoms with van der Waals surface area (Å²) in [5.41, 5.74) is 8.56. The number of aromatic nitrogens is 1. The molecule has 0 spiro atoms. The predicted molar refractivity (Wildman–Crippen MR) is 74.4 cm³/mol. The van der Waals surface area contributed by atoms with E-state index in [1.807, 2.05) is 12.4 Å². The van der Waals surface area contributed by atoms with Crippen LogP contribution in [0.25, 0.3) is 0 Å². The van der Waals surface area contributed by atoms with Gasteiger partial charge in [-0.2, -0.15) is 0 Å². The quantitative estimate of drug-likeness (QED) is 0.864. The summed E-state index contributed by atoms with van der Waals surface area (Å²) in [5, 5.41) is 0. The molecule has 0 radical (unpaired) electrons. The number of nitrogens with zero attached hydrogens (tertiary/aromatic N) is 3. The summed E-state index contributed by atoms with van der Waals surface area (Å²) < 4.78 is 0. The maximum absolute atomic E-state index is 5.99. The third kappa shape index (κ3) is 2.71. The lowest BCUT2D eigenvalue weighted by Crippen LogP contribution is -2.36. The molecule has 2 rings (SSSR count).